The summed E-state index contributed by atoms with van der Waals surface area (Å²) in [7, 11) is 1.99. The van der Waals surface area contributed by atoms with Crippen molar-refractivity contribution in [3.05, 3.63) is 41.8 Å². The summed E-state index contributed by atoms with van der Waals surface area (Å²) >= 11 is 0. The first-order chi connectivity index (χ1) is 10.0. The van der Waals surface area contributed by atoms with Gasteiger partial charge in [-0.05, 0) is 13.8 Å². The molecule has 0 aliphatic carbocycles. The highest BCUT2D eigenvalue weighted by atomic mass is 16.3. The van der Waals surface area contributed by atoms with Crippen molar-refractivity contribution in [3.8, 4) is 0 Å². The Morgan fingerprint density at radius 1 is 1.38 bits per heavy atom. The highest BCUT2D eigenvalue weighted by molar-refractivity contribution is 5.90. The van der Waals surface area contributed by atoms with Crippen LogP contribution < -0.4 is 5.73 Å². The molecular weight excluding hydrogens is 268 g/mol. The van der Waals surface area contributed by atoms with Gasteiger partial charge in [0, 0.05) is 18.9 Å². The van der Waals surface area contributed by atoms with Crippen LogP contribution in [-0.2, 0) is 13.6 Å². The maximum absolute atomic E-state index is 5.96. The molecule has 3 heterocycles. The van der Waals surface area contributed by atoms with Crippen molar-refractivity contribution in [2.45, 2.75) is 20.4 Å². The predicted molar refractivity (Wildman–Crippen MR) is 79.1 cm³/mol. The first-order valence-electron chi connectivity index (χ1n) is 6.72. The molecule has 0 spiro atoms. The first-order valence-corrected chi connectivity index (χ1v) is 6.72. The molecular formula is C14H18N6O. The van der Waals surface area contributed by atoms with E-state index in [1.54, 1.807) is 6.20 Å². The third-order valence-corrected chi connectivity index (χ3v) is 3.49. The number of hydrogen-bond acceptors (Lipinski definition) is 6. The monoisotopic (exact) mass is 286 g/mol. The summed E-state index contributed by atoms with van der Waals surface area (Å²) in [5.41, 5.74) is 8.61. The van der Waals surface area contributed by atoms with Crippen molar-refractivity contribution < 1.29 is 4.42 Å². The quantitative estimate of drug-likeness (QED) is 0.918. The van der Waals surface area contributed by atoms with Crippen LogP contribution in [0.1, 0.15) is 24.3 Å². The molecule has 0 fully saturated rings. The number of oxazole rings is 1. The second-order valence-corrected chi connectivity index (χ2v) is 5.14. The smallest absolute Gasteiger partial charge is 0.246 e. The Morgan fingerprint density at radius 3 is 2.81 bits per heavy atom. The van der Waals surface area contributed by atoms with Crippen molar-refractivity contribution in [1.29, 1.82) is 0 Å². The second kappa shape index (κ2) is 5.08. The molecule has 0 aromatic carbocycles. The molecule has 0 amide bonds. The van der Waals surface area contributed by atoms with Crippen molar-refractivity contribution in [2.24, 2.45) is 17.8 Å². The van der Waals surface area contributed by atoms with E-state index in [4.69, 9.17) is 10.2 Å². The van der Waals surface area contributed by atoms with Gasteiger partial charge in [0.2, 0.25) is 5.89 Å². The highest BCUT2D eigenvalue weighted by Gasteiger charge is 2.22. The Kier molecular flexibility index (Phi) is 3.25. The summed E-state index contributed by atoms with van der Waals surface area (Å²) < 4.78 is 7.36. The Hall–Kier alpha value is -2.57. The zero-order valence-electron chi connectivity index (χ0n) is 12.4. The summed E-state index contributed by atoms with van der Waals surface area (Å²) in [4.78, 5) is 15.2. The second-order valence-electron chi connectivity index (χ2n) is 5.14. The molecule has 7 heteroatoms. The van der Waals surface area contributed by atoms with Crippen LogP contribution in [-0.4, -0.2) is 31.8 Å². The molecule has 2 N–H and O–H groups in total. The first kappa shape index (κ1) is 13.4. The van der Waals surface area contributed by atoms with E-state index >= 15 is 0 Å². The molecule has 7 nitrogen and oxygen atoms in total. The number of rotatable bonds is 3. The van der Waals surface area contributed by atoms with E-state index in [0.717, 1.165) is 17.2 Å². The van der Waals surface area contributed by atoms with Gasteiger partial charge in [0.05, 0.1) is 25.0 Å². The summed E-state index contributed by atoms with van der Waals surface area (Å²) in [5.74, 6) is 2.00. The van der Waals surface area contributed by atoms with Crippen LogP contribution >= 0.6 is 0 Å². The number of imidazole rings is 1. The van der Waals surface area contributed by atoms with Crippen LogP contribution in [0.2, 0.25) is 0 Å². The fraction of sp³-hybridized carbons (Fsp3) is 0.357. The largest absolute Gasteiger partial charge is 0.443 e. The fourth-order valence-electron chi connectivity index (χ4n) is 2.42. The molecule has 0 bridgehead atoms. The number of nitrogens with two attached hydrogens (primary N) is 1. The highest BCUT2D eigenvalue weighted by Crippen LogP contribution is 2.25. The maximum atomic E-state index is 5.96. The topological polar surface area (TPSA) is 85.5 Å². The zero-order valence-corrected chi connectivity index (χ0v) is 12.4. The molecule has 2 aromatic heterocycles. The molecule has 1 aliphatic heterocycles. The van der Waals surface area contributed by atoms with Crippen LogP contribution in [0, 0.1) is 6.92 Å². The molecule has 110 valence electrons. The van der Waals surface area contributed by atoms with E-state index in [1.807, 2.05) is 31.7 Å². The zero-order chi connectivity index (χ0) is 15.0. The van der Waals surface area contributed by atoms with Crippen molar-refractivity contribution >= 4 is 11.5 Å². The van der Waals surface area contributed by atoms with E-state index in [1.165, 1.54) is 6.26 Å². The summed E-state index contributed by atoms with van der Waals surface area (Å²) in [6.45, 7) is 5.21. The van der Waals surface area contributed by atoms with Gasteiger partial charge in [-0.2, -0.15) is 0 Å². The minimum absolute atomic E-state index is 0.483. The molecule has 0 saturated heterocycles. The Morgan fingerprint density at radius 2 is 2.19 bits per heavy atom. The fourth-order valence-corrected chi connectivity index (χ4v) is 2.42. The molecule has 1 aliphatic rings. The summed E-state index contributed by atoms with van der Waals surface area (Å²) in [6.07, 6.45) is 5.13. The van der Waals surface area contributed by atoms with Crippen LogP contribution in [0.4, 0.5) is 0 Å². The van der Waals surface area contributed by atoms with Gasteiger partial charge in [0.15, 0.2) is 0 Å². The third kappa shape index (κ3) is 2.54. The van der Waals surface area contributed by atoms with E-state index in [-0.39, 0.29) is 0 Å². The number of nitrogens with zero attached hydrogens (tertiary/aromatic N) is 5. The standard InChI is InChI=1S/C14H18N6O/c1-9-6-19(3)12(17-9)8-20-7-11(15)18-13(10(20)2)14-16-4-5-21-14/h4-6H,7-8H2,1-3H3,(H2,15,18). The SMILES string of the molecule is CC1=C(c2ncco2)N=C(N)CN1Cc1nc(C)cn1C. The molecule has 2 aromatic rings. The number of allylic oxidation sites excluding steroid dienone is 1. The minimum Gasteiger partial charge on any atom is -0.443 e. The van der Waals surface area contributed by atoms with Gasteiger partial charge in [-0.3, -0.25) is 0 Å². The number of aliphatic imine (C=N–C) groups is 1. The maximum Gasteiger partial charge on any atom is 0.246 e. The predicted octanol–water partition coefficient (Wildman–Crippen LogP) is 1.28. The molecule has 3 rings (SSSR count). The summed E-state index contributed by atoms with van der Waals surface area (Å²) in [5, 5.41) is 0. The molecule has 0 unspecified atom stereocenters. The van der Waals surface area contributed by atoms with Gasteiger partial charge in [0.1, 0.15) is 23.6 Å². The Bertz CT molecular complexity index is 710. The van der Waals surface area contributed by atoms with Gasteiger partial charge in [-0.1, -0.05) is 0 Å². The van der Waals surface area contributed by atoms with Crippen molar-refractivity contribution in [2.75, 3.05) is 6.54 Å². The lowest BCUT2D eigenvalue weighted by molar-refractivity contribution is 0.362. The van der Waals surface area contributed by atoms with Crippen LogP contribution in [0.15, 0.2) is 33.8 Å². The lowest BCUT2D eigenvalue weighted by Gasteiger charge is -2.28. The average Bonchev–Trinajstić information content (AvgIpc) is 3.04. The number of hydrogen-bond donors (Lipinski definition) is 1. The van der Waals surface area contributed by atoms with Crippen molar-refractivity contribution in [1.82, 2.24) is 19.4 Å². The van der Waals surface area contributed by atoms with E-state index in [0.29, 0.717) is 30.5 Å². The van der Waals surface area contributed by atoms with Gasteiger partial charge in [0.25, 0.3) is 0 Å². The molecule has 0 atom stereocenters. The molecule has 21 heavy (non-hydrogen) atoms. The third-order valence-electron chi connectivity index (χ3n) is 3.49. The van der Waals surface area contributed by atoms with Gasteiger partial charge in [-0.25, -0.2) is 15.0 Å². The van der Waals surface area contributed by atoms with Crippen molar-refractivity contribution in [3.63, 3.8) is 0 Å². The number of amidine groups is 1. The Labute approximate surface area is 122 Å². The minimum atomic E-state index is 0.483. The lowest BCUT2D eigenvalue weighted by Crippen LogP contribution is -2.36. The van der Waals surface area contributed by atoms with Gasteiger partial charge >= 0.3 is 0 Å². The normalized spacial score (nSPS) is 15.6. The number of aromatic nitrogens is 3. The van der Waals surface area contributed by atoms with E-state index in [2.05, 4.69) is 19.9 Å². The van der Waals surface area contributed by atoms with Crippen LogP contribution in [0.5, 0.6) is 0 Å². The Balaban J connectivity index is 1.93. The van der Waals surface area contributed by atoms with Crippen LogP contribution in [0.25, 0.3) is 5.70 Å². The molecule has 0 saturated carbocycles. The summed E-state index contributed by atoms with van der Waals surface area (Å²) in [6, 6.07) is 0. The van der Waals surface area contributed by atoms with E-state index < -0.39 is 0 Å². The lowest BCUT2D eigenvalue weighted by atomic mass is 10.2. The van der Waals surface area contributed by atoms with E-state index in [9.17, 15) is 0 Å². The van der Waals surface area contributed by atoms with Gasteiger partial charge in [-0.15, -0.1) is 0 Å². The average molecular weight is 286 g/mol. The van der Waals surface area contributed by atoms with Gasteiger partial charge < -0.3 is 19.6 Å². The van der Waals surface area contributed by atoms with Crippen LogP contribution in [0.3, 0.4) is 0 Å². The number of aryl methyl sites for hydroxylation is 2. The molecule has 0 radical (unpaired) electrons.